The van der Waals surface area contributed by atoms with E-state index in [1.807, 2.05) is 20.0 Å². The van der Waals surface area contributed by atoms with Gasteiger partial charge in [0.1, 0.15) is 0 Å². The first-order valence-electron chi connectivity index (χ1n) is 5.46. The van der Waals surface area contributed by atoms with E-state index in [-0.39, 0.29) is 0 Å². The van der Waals surface area contributed by atoms with E-state index in [0.29, 0.717) is 5.92 Å². The maximum Gasteiger partial charge on any atom is 0.225 e. The lowest BCUT2D eigenvalue weighted by Crippen LogP contribution is -2.24. The van der Waals surface area contributed by atoms with E-state index in [1.54, 1.807) is 0 Å². The highest BCUT2D eigenvalue weighted by atomic mass is 15.3. The molecule has 2 rings (SSSR count). The Kier molecular flexibility index (Phi) is 2.86. The minimum atomic E-state index is 0.607. The molecule has 82 valence electrons. The Morgan fingerprint density at radius 1 is 1.53 bits per heavy atom. The molecule has 4 nitrogen and oxygen atoms in total. The van der Waals surface area contributed by atoms with Crippen molar-refractivity contribution in [2.45, 2.75) is 20.3 Å². The van der Waals surface area contributed by atoms with Crippen LogP contribution < -0.4 is 10.6 Å². The number of nitrogens with zero attached hydrogens (tertiary/aromatic N) is 3. The van der Waals surface area contributed by atoms with Crippen molar-refractivity contribution in [2.24, 2.45) is 11.7 Å². The summed E-state index contributed by atoms with van der Waals surface area (Å²) < 4.78 is 0. The highest BCUT2D eigenvalue weighted by Gasteiger charge is 2.23. The average molecular weight is 206 g/mol. The first-order chi connectivity index (χ1) is 7.20. The first-order valence-corrected chi connectivity index (χ1v) is 5.46. The standard InChI is InChI=1S/C11H18N4/c1-8-6-13-11(14-9(8)2)15-4-3-10(5-12)7-15/h6,10H,3-5,7,12H2,1-2H3. The quantitative estimate of drug-likeness (QED) is 0.780. The zero-order valence-corrected chi connectivity index (χ0v) is 9.40. The van der Waals surface area contributed by atoms with Gasteiger partial charge < -0.3 is 10.6 Å². The zero-order valence-electron chi connectivity index (χ0n) is 9.40. The summed E-state index contributed by atoms with van der Waals surface area (Å²) >= 11 is 0. The summed E-state index contributed by atoms with van der Waals surface area (Å²) in [5.41, 5.74) is 7.87. The van der Waals surface area contributed by atoms with Crippen molar-refractivity contribution in [1.29, 1.82) is 0 Å². The second-order valence-corrected chi connectivity index (χ2v) is 4.27. The minimum Gasteiger partial charge on any atom is -0.340 e. The van der Waals surface area contributed by atoms with Gasteiger partial charge in [-0.1, -0.05) is 0 Å². The number of anilines is 1. The van der Waals surface area contributed by atoms with Crippen LogP contribution in [0.3, 0.4) is 0 Å². The van der Waals surface area contributed by atoms with Gasteiger partial charge in [-0.2, -0.15) is 0 Å². The van der Waals surface area contributed by atoms with E-state index in [9.17, 15) is 0 Å². The van der Waals surface area contributed by atoms with Gasteiger partial charge in [-0.25, -0.2) is 9.97 Å². The van der Waals surface area contributed by atoms with Gasteiger partial charge in [-0.3, -0.25) is 0 Å². The molecule has 1 aromatic rings. The number of aromatic nitrogens is 2. The fraction of sp³-hybridized carbons (Fsp3) is 0.636. The highest BCUT2D eigenvalue weighted by Crippen LogP contribution is 2.20. The van der Waals surface area contributed by atoms with Crippen LogP contribution in [0.25, 0.3) is 0 Å². The van der Waals surface area contributed by atoms with Crippen molar-refractivity contribution in [2.75, 3.05) is 24.5 Å². The van der Waals surface area contributed by atoms with Crippen molar-refractivity contribution < 1.29 is 0 Å². The van der Waals surface area contributed by atoms with Gasteiger partial charge in [0.05, 0.1) is 0 Å². The second-order valence-electron chi connectivity index (χ2n) is 4.27. The molecule has 15 heavy (non-hydrogen) atoms. The van der Waals surface area contributed by atoms with Crippen LogP contribution in [0.5, 0.6) is 0 Å². The van der Waals surface area contributed by atoms with Crippen molar-refractivity contribution in [3.05, 3.63) is 17.5 Å². The minimum absolute atomic E-state index is 0.607. The average Bonchev–Trinajstić information content (AvgIpc) is 2.70. The van der Waals surface area contributed by atoms with Gasteiger partial charge in [0, 0.05) is 25.0 Å². The third-order valence-electron chi connectivity index (χ3n) is 3.11. The van der Waals surface area contributed by atoms with Crippen LogP contribution >= 0.6 is 0 Å². The molecule has 1 unspecified atom stereocenters. The molecule has 0 radical (unpaired) electrons. The van der Waals surface area contributed by atoms with Crippen molar-refractivity contribution >= 4 is 5.95 Å². The van der Waals surface area contributed by atoms with E-state index in [1.165, 1.54) is 0 Å². The Balaban J connectivity index is 2.13. The highest BCUT2D eigenvalue weighted by molar-refractivity contribution is 5.33. The molecule has 0 bridgehead atoms. The summed E-state index contributed by atoms with van der Waals surface area (Å²) in [4.78, 5) is 11.1. The molecule has 1 fully saturated rings. The lowest BCUT2D eigenvalue weighted by molar-refractivity contribution is 0.601. The molecule has 0 saturated carbocycles. The Bertz CT molecular complexity index is 350. The fourth-order valence-corrected chi connectivity index (χ4v) is 1.87. The molecule has 2 heterocycles. The van der Waals surface area contributed by atoms with Crippen LogP contribution in [0.2, 0.25) is 0 Å². The molecule has 0 aromatic carbocycles. The molecule has 0 aliphatic carbocycles. The predicted octanol–water partition coefficient (Wildman–Crippen LogP) is 0.878. The molecule has 0 amide bonds. The second kappa shape index (κ2) is 4.14. The number of hydrogen-bond acceptors (Lipinski definition) is 4. The number of hydrogen-bond donors (Lipinski definition) is 1. The third kappa shape index (κ3) is 2.09. The van der Waals surface area contributed by atoms with E-state index >= 15 is 0 Å². The Hall–Kier alpha value is -1.16. The van der Waals surface area contributed by atoms with Gasteiger partial charge in [0.25, 0.3) is 0 Å². The topological polar surface area (TPSA) is 55.0 Å². The summed E-state index contributed by atoms with van der Waals surface area (Å²) in [5.74, 6) is 1.46. The molecule has 1 aliphatic heterocycles. The molecule has 4 heteroatoms. The van der Waals surface area contributed by atoms with Gasteiger partial charge in [-0.15, -0.1) is 0 Å². The van der Waals surface area contributed by atoms with Crippen LogP contribution in [0.1, 0.15) is 17.7 Å². The largest absolute Gasteiger partial charge is 0.340 e. The summed E-state index contributed by atoms with van der Waals surface area (Å²) in [6, 6.07) is 0. The SMILES string of the molecule is Cc1cnc(N2CCC(CN)C2)nc1C. The van der Waals surface area contributed by atoms with Crippen LogP contribution in [-0.4, -0.2) is 29.6 Å². The van der Waals surface area contributed by atoms with Crippen molar-refractivity contribution in [3.8, 4) is 0 Å². The van der Waals surface area contributed by atoms with Crippen LogP contribution in [0.15, 0.2) is 6.20 Å². The monoisotopic (exact) mass is 206 g/mol. The predicted molar refractivity (Wildman–Crippen MR) is 60.9 cm³/mol. The van der Waals surface area contributed by atoms with Gasteiger partial charge in [0.15, 0.2) is 0 Å². The molecule has 2 N–H and O–H groups in total. The molecule has 1 saturated heterocycles. The maximum atomic E-state index is 5.66. The van der Waals surface area contributed by atoms with Gasteiger partial charge in [0.2, 0.25) is 5.95 Å². The van der Waals surface area contributed by atoms with Crippen LogP contribution in [-0.2, 0) is 0 Å². The van der Waals surface area contributed by atoms with Crippen LogP contribution in [0.4, 0.5) is 5.95 Å². The van der Waals surface area contributed by atoms with Crippen molar-refractivity contribution in [1.82, 2.24) is 9.97 Å². The third-order valence-corrected chi connectivity index (χ3v) is 3.11. The normalized spacial score (nSPS) is 21.0. The molecule has 1 aliphatic rings. The number of rotatable bonds is 2. The molecule has 1 aromatic heterocycles. The number of nitrogens with two attached hydrogens (primary N) is 1. The summed E-state index contributed by atoms with van der Waals surface area (Å²) in [6.07, 6.45) is 3.06. The summed E-state index contributed by atoms with van der Waals surface area (Å²) in [7, 11) is 0. The molecular weight excluding hydrogens is 188 g/mol. The van der Waals surface area contributed by atoms with Crippen molar-refractivity contribution in [3.63, 3.8) is 0 Å². The Labute approximate surface area is 90.5 Å². The lowest BCUT2D eigenvalue weighted by Gasteiger charge is -2.16. The summed E-state index contributed by atoms with van der Waals surface area (Å²) in [6.45, 7) is 6.85. The van der Waals surface area contributed by atoms with Gasteiger partial charge >= 0.3 is 0 Å². The van der Waals surface area contributed by atoms with E-state index < -0.39 is 0 Å². The van der Waals surface area contributed by atoms with E-state index in [2.05, 4.69) is 14.9 Å². The number of aryl methyl sites for hydroxylation is 2. The Morgan fingerprint density at radius 3 is 2.93 bits per heavy atom. The maximum absolute atomic E-state index is 5.66. The van der Waals surface area contributed by atoms with Crippen LogP contribution in [0, 0.1) is 19.8 Å². The van der Waals surface area contributed by atoms with E-state index in [4.69, 9.17) is 5.73 Å². The fourth-order valence-electron chi connectivity index (χ4n) is 1.87. The molecule has 0 spiro atoms. The first kappa shape index (κ1) is 10.4. The van der Waals surface area contributed by atoms with Gasteiger partial charge in [-0.05, 0) is 38.3 Å². The zero-order chi connectivity index (χ0) is 10.8. The molecule has 1 atom stereocenters. The van der Waals surface area contributed by atoms with E-state index in [0.717, 1.165) is 43.3 Å². The Morgan fingerprint density at radius 2 is 2.33 bits per heavy atom. The lowest BCUT2D eigenvalue weighted by atomic mass is 10.1. The summed E-state index contributed by atoms with van der Waals surface area (Å²) in [5, 5.41) is 0. The molecular formula is C11H18N4. The smallest absolute Gasteiger partial charge is 0.225 e.